The summed E-state index contributed by atoms with van der Waals surface area (Å²) in [4.78, 5) is 4.80. The Morgan fingerprint density at radius 1 is 1.31 bits per heavy atom. The first-order valence-corrected chi connectivity index (χ1v) is 6.69. The molecule has 2 unspecified atom stereocenters. The minimum atomic E-state index is 0.445. The van der Waals surface area contributed by atoms with Crippen molar-refractivity contribution >= 4 is 0 Å². The Balaban J connectivity index is 2.23. The number of hydrogen-bond donors (Lipinski definition) is 1. The maximum atomic E-state index is 6.15. The fraction of sp³-hybridized carbons (Fsp3) is 1.00. The van der Waals surface area contributed by atoms with Gasteiger partial charge in [0.2, 0.25) is 0 Å². The molecule has 1 rings (SSSR count). The van der Waals surface area contributed by atoms with Crippen molar-refractivity contribution in [2.45, 2.75) is 45.2 Å². The zero-order valence-electron chi connectivity index (χ0n) is 11.4. The van der Waals surface area contributed by atoms with E-state index < -0.39 is 0 Å². The predicted molar refractivity (Wildman–Crippen MR) is 70.6 cm³/mol. The average molecular weight is 227 g/mol. The summed E-state index contributed by atoms with van der Waals surface area (Å²) in [6, 6.07) is 1.08. The zero-order chi connectivity index (χ0) is 12.1. The van der Waals surface area contributed by atoms with Gasteiger partial charge in [0.25, 0.3) is 0 Å². The highest BCUT2D eigenvalue weighted by Crippen LogP contribution is 2.32. The van der Waals surface area contributed by atoms with Crippen LogP contribution in [0.15, 0.2) is 0 Å². The van der Waals surface area contributed by atoms with Gasteiger partial charge in [0, 0.05) is 18.6 Å². The van der Waals surface area contributed by atoms with E-state index in [0.29, 0.717) is 12.1 Å². The van der Waals surface area contributed by atoms with E-state index in [4.69, 9.17) is 5.73 Å². The highest BCUT2D eigenvalue weighted by atomic mass is 15.2. The van der Waals surface area contributed by atoms with E-state index in [1.165, 1.54) is 12.8 Å². The fourth-order valence-electron chi connectivity index (χ4n) is 2.41. The monoisotopic (exact) mass is 227 g/mol. The first kappa shape index (κ1) is 13.9. The number of hydrogen-bond acceptors (Lipinski definition) is 3. The summed E-state index contributed by atoms with van der Waals surface area (Å²) in [5.74, 6) is 0.836. The Morgan fingerprint density at radius 2 is 1.94 bits per heavy atom. The summed E-state index contributed by atoms with van der Waals surface area (Å²) in [6.07, 6.45) is 3.89. The topological polar surface area (TPSA) is 32.5 Å². The Hall–Kier alpha value is -0.120. The molecule has 2 N–H and O–H groups in total. The van der Waals surface area contributed by atoms with Crippen molar-refractivity contribution in [1.82, 2.24) is 9.80 Å². The van der Waals surface area contributed by atoms with Crippen molar-refractivity contribution in [3.05, 3.63) is 0 Å². The Kier molecular flexibility index (Phi) is 5.73. The van der Waals surface area contributed by atoms with E-state index in [1.54, 1.807) is 0 Å². The highest BCUT2D eigenvalue weighted by Gasteiger charge is 2.28. The Bertz CT molecular complexity index is 190. The lowest BCUT2D eigenvalue weighted by atomic mass is 10.1. The second-order valence-electron chi connectivity index (χ2n) is 5.53. The molecule has 0 aliphatic heterocycles. The second-order valence-corrected chi connectivity index (χ2v) is 5.53. The van der Waals surface area contributed by atoms with Crippen molar-refractivity contribution in [2.24, 2.45) is 11.7 Å². The van der Waals surface area contributed by atoms with Gasteiger partial charge in [0.05, 0.1) is 0 Å². The van der Waals surface area contributed by atoms with E-state index in [1.807, 2.05) is 0 Å². The molecule has 1 fully saturated rings. The molecule has 0 aromatic carbocycles. The quantitative estimate of drug-likeness (QED) is 0.680. The maximum absolute atomic E-state index is 6.15. The van der Waals surface area contributed by atoms with Gasteiger partial charge in [-0.15, -0.1) is 0 Å². The predicted octanol–water partition coefficient (Wildman–Crippen LogP) is 1.39. The van der Waals surface area contributed by atoms with E-state index in [-0.39, 0.29) is 0 Å². The maximum Gasteiger partial charge on any atom is 0.0194 e. The van der Waals surface area contributed by atoms with Crippen molar-refractivity contribution in [1.29, 1.82) is 0 Å². The molecule has 96 valence electrons. The number of rotatable bonds is 8. The van der Waals surface area contributed by atoms with Crippen LogP contribution in [0.25, 0.3) is 0 Å². The van der Waals surface area contributed by atoms with Crippen molar-refractivity contribution in [3.63, 3.8) is 0 Å². The molecule has 3 heteroatoms. The van der Waals surface area contributed by atoms with Crippen LogP contribution in [0.2, 0.25) is 0 Å². The molecule has 16 heavy (non-hydrogen) atoms. The summed E-state index contributed by atoms with van der Waals surface area (Å²) in [5, 5.41) is 0. The molecule has 0 aromatic rings. The van der Waals surface area contributed by atoms with E-state index in [0.717, 1.165) is 32.0 Å². The average Bonchev–Trinajstić information content (AvgIpc) is 3.00. The number of nitrogens with two attached hydrogens (primary N) is 1. The first-order valence-electron chi connectivity index (χ1n) is 6.69. The summed E-state index contributed by atoms with van der Waals surface area (Å²) in [6.45, 7) is 7.98. The Morgan fingerprint density at radius 3 is 2.38 bits per heavy atom. The largest absolute Gasteiger partial charge is 0.327 e. The SMILES string of the molecule is CCN(CCC(N)C1CC1)C(C)CN(C)C. The van der Waals surface area contributed by atoms with Crippen molar-refractivity contribution in [3.8, 4) is 0 Å². The van der Waals surface area contributed by atoms with Gasteiger partial charge < -0.3 is 10.6 Å². The molecule has 1 aliphatic carbocycles. The van der Waals surface area contributed by atoms with Crippen LogP contribution in [-0.4, -0.2) is 55.6 Å². The van der Waals surface area contributed by atoms with Gasteiger partial charge in [-0.05, 0) is 59.3 Å². The summed E-state index contributed by atoms with van der Waals surface area (Å²) >= 11 is 0. The van der Waals surface area contributed by atoms with Crippen LogP contribution in [0.3, 0.4) is 0 Å². The molecule has 0 amide bonds. The van der Waals surface area contributed by atoms with E-state index in [9.17, 15) is 0 Å². The highest BCUT2D eigenvalue weighted by molar-refractivity contribution is 4.84. The van der Waals surface area contributed by atoms with Crippen molar-refractivity contribution < 1.29 is 0 Å². The molecule has 0 saturated heterocycles. The third kappa shape index (κ3) is 4.81. The summed E-state index contributed by atoms with van der Waals surface area (Å²) in [7, 11) is 4.28. The van der Waals surface area contributed by atoms with Crippen LogP contribution in [0, 0.1) is 5.92 Å². The molecular weight excluding hydrogens is 198 g/mol. The standard InChI is InChI=1S/C13H29N3/c1-5-16(11(2)10-15(3)4)9-8-13(14)12-6-7-12/h11-13H,5-10,14H2,1-4H3. The lowest BCUT2D eigenvalue weighted by molar-refractivity contribution is 0.175. The number of likely N-dealkylation sites (N-methyl/N-ethyl adjacent to an activating group) is 2. The van der Waals surface area contributed by atoms with Crippen LogP contribution >= 0.6 is 0 Å². The molecule has 0 spiro atoms. The molecule has 3 nitrogen and oxygen atoms in total. The minimum absolute atomic E-state index is 0.445. The van der Waals surface area contributed by atoms with Gasteiger partial charge in [0.1, 0.15) is 0 Å². The number of nitrogens with zero attached hydrogens (tertiary/aromatic N) is 2. The van der Waals surface area contributed by atoms with Crippen LogP contribution in [0.5, 0.6) is 0 Å². The zero-order valence-corrected chi connectivity index (χ0v) is 11.4. The van der Waals surface area contributed by atoms with Crippen molar-refractivity contribution in [2.75, 3.05) is 33.7 Å². The van der Waals surface area contributed by atoms with Gasteiger partial charge in [-0.1, -0.05) is 6.92 Å². The van der Waals surface area contributed by atoms with E-state index >= 15 is 0 Å². The third-order valence-electron chi connectivity index (χ3n) is 3.64. The van der Waals surface area contributed by atoms with Crippen LogP contribution < -0.4 is 5.73 Å². The molecule has 0 aromatic heterocycles. The lowest BCUT2D eigenvalue weighted by Crippen LogP contribution is -2.42. The third-order valence-corrected chi connectivity index (χ3v) is 3.64. The van der Waals surface area contributed by atoms with E-state index in [2.05, 4.69) is 37.7 Å². The lowest BCUT2D eigenvalue weighted by Gasteiger charge is -2.30. The molecule has 1 saturated carbocycles. The first-order chi connectivity index (χ1) is 7.54. The normalized spacial score (nSPS) is 20.4. The van der Waals surface area contributed by atoms with Crippen LogP contribution in [0.4, 0.5) is 0 Å². The van der Waals surface area contributed by atoms with Gasteiger partial charge >= 0.3 is 0 Å². The summed E-state index contributed by atoms with van der Waals surface area (Å²) < 4.78 is 0. The molecule has 0 bridgehead atoms. The summed E-state index contributed by atoms with van der Waals surface area (Å²) in [5.41, 5.74) is 6.15. The molecule has 0 radical (unpaired) electrons. The fourth-order valence-corrected chi connectivity index (χ4v) is 2.41. The molecular formula is C13H29N3. The molecule has 2 atom stereocenters. The Labute approximate surface area is 101 Å². The smallest absolute Gasteiger partial charge is 0.0194 e. The van der Waals surface area contributed by atoms with Gasteiger partial charge in [-0.2, -0.15) is 0 Å². The van der Waals surface area contributed by atoms with Gasteiger partial charge in [-0.25, -0.2) is 0 Å². The molecule has 0 heterocycles. The van der Waals surface area contributed by atoms with Crippen LogP contribution in [-0.2, 0) is 0 Å². The molecule has 1 aliphatic rings. The van der Waals surface area contributed by atoms with Gasteiger partial charge in [-0.3, -0.25) is 4.90 Å². The minimum Gasteiger partial charge on any atom is -0.327 e. The van der Waals surface area contributed by atoms with Gasteiger partial charge in [0.15, 0.2) is 0 Å². The second kappa shape index (κ2) is 6.58. The van der Waals surface area contributed by atoms with Crippen LogP contribution in [0.1, 0.15) is 33.1 Å².